The van der Waals surface area contributed by atoms with E-state index in [2.05, 4.69) is 20.2 Å². The number of piperidine rings is 1. The Labute approximate surface area is 198 Å². The molecule has 0 aliphatic carbocycles. The largest absolute Gasteiger partial charge is 0.493 e. The lowest BCUT2D eigenvalue weighted by atomic mass is 10.0. The Balaban J connectivity index is 0.999. The second-order valence-electron chi connectivity index (χ2n) is 8.76. The SMILES string of the molecule is O=C(O)c1cc2ccc(OCCCN3CCC(NCc4cc5c(cn4)OCCO5)CC3)cc2[nH]1. The maximum Gasteiger partial charge on any atom is 0.352 e. The van der Waals surface area contributed by atoms with Gasteiger partial charge in [0, 0.05) is 42.2 Å². The van der Waals surface area contributed by atoms with E-state index in [0.717, 1.165) is 79.3 Å². The number of ether oxygens (including phenoxy) is 3. The van der Waals surface area contributed by atoms with Crippen LogP contribution in [0.4, 0.5) is 0 Å². The van der Waals surface area contributed by atoms with Crippen molar-refractivity contribution in [1.82, 2.24) is 20.2 Å². The number of aromatic nitrogens is 2. The molecule has 5 rings (SSSR count). The highest BCUT2D eigenvalue weighted by atomic mass is 16.6. The lowest BCUT2D eigenvalue weighted by molar-refractivity contribution is 0.0691. The van der Waals surface area contributed by atoms with Gasteiger partial charge in [-0.2, -0.15) is 0 Å². The fraction of sp³-hybridized carbons (Fsp3) is 0.440. The molecule has 1 aromatic carbocycles. The number of H-pyrrole nitrogens is 1. The molecule has 2 aliphatic rings. The zero-order chi connectivity index (χ0) is 23.3. The van der Waals surface area contributed by atoms with E-state index < -0.39 is 5.97 Å². The number of aromatic amines is 1. The number of likely N-dealkylation sites (tertiary alicyclic amines) is 1. The summed E-state index contributed by atoms with van der Waals surface area (Å²) >= 11 is 0. The molecule has 1 fully saturated rings. The molecule has 4 heterocycles. The highest BCUT2D eigenvalue weighted by Crippen LogP contribution is 2.29. The quantitative estimate of drug-likeness (QED) is 0.413. The molecule has 9 nitrogen and oxygen atoms in total. The number of fused-ring (bicyclic) bond motifs is 2. The molecule has 0 bridgehead atoms. The van der Waals surface area contributed by atoms with Gasteiger partial charge in [0.05, 0.1) is 18.5 Å². The average molecular weight is 467 g/mol. The molecule has 3 aromatic rings. The van der Waals surface area contributed by atoms with E-state index in [4.69, 9.17) is 19.3 Å². The van der Waals surface area contributed by atoms with Crippen LogP contribution >= 0.6 is 0 Å². The van der Waals surface area contributed by atoms with Gasteiger partial charge in [0.15, 0.2) is 11.5 Å². The molecule has 1 saturated heterocycles. The van der Waals surface area contributed by atoms with Crippen molar-refractivity contribution >= 4 is 16.9 Å². The summed E-state index contributed by atoms with van der Waals surface area (Å²) in [6, 6.07) is 9.71. The second kappa shape index (κ2) is 10.3. The molecule has 2 aromatic heterocycles. The third-order valence-electron chi connectivity index (χ3n) is 6.36. The summed E-state index contributed by atoms with van der Waals surface area (Å²) in [6.45, 7) is 5.67. The number of hydrogen-bond acceptors (Lipinski definition) is 7. The number of nitrogens with one attached hydrogen (secondary N) is 2. The summed E-state index contributed by atoms with van der Waals surface area (Å²) in [5, 5.41) is 13.6. The minimum atomic E-state index is -0.961. The van der Waals surface area contributed by atoms with Crippen LogP contribution in [-0.2, 0) is 6.54 Å². The van der Waals surface area contributed by atoms with Crippen LogP contribution in [-0.4, -0.2) is 71.4 Å². The third-order valence-corrected chi connectivity index (χ3v) is 6.36. The Morgan fingerprint density at radius 3 is 2.82 bits per heavy atom. The van der Waals surface area contributed by atoms with Gasteiger partial charge in [-0.25, -0.2) is 4.79 Å². The molecule has 9 heteroatoms. The van der Waals surface area contributed by atoms with Crippen molar-refractivity contribution in [2.75, 3.05) is 39.5 Å². The first-order valence-corrected chi connectivity index (χ1v) is 11.8. The topological polar surface area (TPSA) is 109 Å². The van der Waals surface area contributed by atoms with Gasteiger partial charge >= 0.3 is 5.97 Å². The maximum absolute atomic E-state index is 11.1. The van der Waals surface area contributed by atoms with Crippen molar-refractivity contribution in [3.63, 3.8) is 0 Å². The number of hydrogen-bond donors (Lipinski definition) is 3. The molecule has 0 unspecified atom stereocenters. The second-order valence-corrected chi connectivity index (χ2v) is 8.76. The fourth-order valence-electron chi connectivity index (χ4n) is 4.48. The molecule has 0 amide bonds. The molecule has 0 saturated carbocycles. The predicted molar refractivity (Wildman–Crippen MR) is 127 cm³/mol. The first-order chi connectivity index (χ1) is 16.6. The van der Waals surface area contributed by atoms with Crippen LogP contribution in [0.1, 0.15) is 35.4 Å². The number of rotatable bonds is 9. The van der Waals surface area contributed by atoms with Crippen LogP contribution in [0.5, 0.6) is 17.2 Å². The van der Waals surface area contributed by atoms with Gasteiger partial charge in [-0.15, -0.1) is 0 Å². The van der Waals surface area contributed by atoms with Gasteiger partial charge in [-0.3, -0.25) is 4.98 Å². The number of pyridine rings is 1. The van der Waals surface area contributed by atoms with Gasteiger partial charge in [0.25, 0.3) is 0 Å². The van der Waals surface area contributed by atoms with Crippen LogP contribution < -0.4 is 19.5 Å². The van der Waals surface area contributed by atoms with Crippen LogP contribution in [0.2, 0.25) is 0 Å². The third kappa shape index (κ3) is 5.43. The maximum atomic E-state index is 11.1. The van der Waals surface area contributed by atoms with Crippen molar-refractivity contribution in [1.29, 1.82) is 0 Å². The first-order valence-electron chi connectivity index (χ1n) is 11.8. The van der Waals surface area contributed by atoms with Crippen LogP contribution in [0.25, 0.3) is 10.9 Å². The van der Waals surface area contributed by atoms with Crippen molar-refractivity contribution in [3.05, 3.63) is 47.9 Å². The smallest absolute Gasteiger partial charge is 0.352 e. The Kier molecular flexibility index (Phi) is 6.82. The zero-order valence-corrected chi connectivity index (χ0v) is 19.1. The Morgan fingerprint density at radius 1 is 1.18 bits per heavy atom. The molecule has 0 atom stereocenters. The molecular formula is C25H30N4O5. The summed E-state index contributed by atoms with van der Waals surface area (Å²) < 4.78 is 17.1. The number of carboxylic acids is 1. The van der Waals surface area contributed by atoms with E-state index in [1.165, 1.54) is 0 Å². The fourth-order valence-corrected chi connectivity index (χ4v) is 4.48. The standard InChI is InChI=1S/C25H30N4O5/c30-25(31)22-12-17-2-3-20(14-21(17)28-22)32-9-1-6-29-7-4-18(5-8-29)26-15-19-13-23-24(16-27-19)34-11-10-33-23/h2-3,12-14,16,18,26,28H,1,4-11,15H2,(H,30,31). The van der Waals surface area contributed by atoms with E-state index >= 15 is 0 Å². The van der Waals surface area contributed by atoms with Crippen molar-refractivity contribution < 1.29 is 24.1 Å². The van der Waals surface area contributed by atoms with Crippen molar-refractivity contribution in [2.45, 2.75) is 31.8 Å². The number of carbonyl (C=O) groups is 1. The molecule has 34 heavy (non-hydrogen) atoms. The first kappa shape index (κ1) is 22.5. The normalized spacial score (nSPS) is 16.6. The minimum absolute atomic E-state index is 0.188. The van der Waals surface area contributed by atoms with Crippen molar-refractivity contribution in [3.8, 4) is 17.2 Å². The van der Waals surface area contributed by atoms with Gasteiger partial charge < -0.3 is 34.5 Å². The van der Waals surface area contributed by atoms with Gasteiger partial charge in [0.2, 0.25) is 0 Å². The minimum Gasteiger partial charge on any atom is -0.493 e. The van der Waals surface area contributed by atoms with Crippen LogP contribution in [0.15, 0.2) is 36.5 Å². The molecule has 0 radical (unpaired) electrons. The monoisotopic (exact) mass is 466 g/mol. The summed E-state index contributed by atoms with van der Waals surface area (Å²) in [5.41, 5.74) is 1.93. The number of benzene rings is 1. The highest BCUT2D eigenvalue weighted by Gasteiger charge is 2.19. The van der Waals surface area contributed by atoms with Gasteiger partial charge in [-0.1, -0.05) is 0 Å². The van der Waals surface area contributed by atoms with E-state index in [1.54, 1.807) is 12.3 Å². The van der Waals surface area contributed by atoms with Crippen LogP contribution in [0.3, 0.4) is 0 Å². The van der Waals surface area contributed by atoms with Crippen molar-refractivity contribution in [2.24, 2.45) is 0 Å². The van der Waals surface area contributed by atoms with E-state index in [9.17, 15) is 4.79 Å². The van der Waals surface area contributed by atoms with E-state index in [-0.39, 0.29) is 5.69 Å². The predicted octanol–water partition coefficient (Wildman–Crippen LogP) is 3.06. The molecule has 3 N–H and O–H groups in total. The van der Waals surface area contributed by atoms with E-state index in [1.807, 2.05) is 24.3 Å². The summed E-state index contributed by atoms with van der Waals surface area (Å²) in [6.07, 6.45) is 4.92. The Morgan fingerprint density at radius 2 is 2.00 bits per heavy atom. The Bertz CT molecular complexity index is 1140. The highest BCUT2D eigenvalue weighted by molar-refractivity contribution is 5.94. The summed E-state index contributed by atoms with van der Waals surface area (Å²) in [7, 11) is 0. The van der Waals surface area contributed by atoms with Crippen LogP contribution in [0, 0.1) is 0 Å². The number of carboxylic acid groups (broad SMARTS) is 1. The number of aromatic carboxylic acids is 1. The Hall–Kier alpha value is -3.30. The molecule has 2 aliphatic heterocycles. The van der Waals surface area contributed by atoms with Gasteiger partial charge in [0.1, 0.15) is 24.7 Å². The number of nitrogens with zero attached hydrogens (tertiary/aromatic N) is 2. The lowest BCUT2D eigenvalue weighted by Gasteiger charge is -2.32. The zero-order valence-electron chi connectivity index (χ0n) is 19.1. The average Bonchev–Trinajstić information content (AvgIpc) is 3.30. The summed E-state index contributed by atoms with van der Waals surface area (Å²) in [5.74, 6) is 1.30. The molecule has 0 spiro atoms. The van der Waals surface area contributed by atoms with Gasteiger partial charge in [-0.05, 0) is 50.6 Å². The molecule has 180 valence electrons. The molecular weight excluding hydrogens is 436 g/mol. The summed E-state index contributed by atoms with van der Waals surface area (Å²) in [4.78, 5) is 21.0. The van der Waals surface area contributed by atoms with E-state index in [0.29, 0.717) is 25.9 Å². The lowest BCUT2D eigenvalue weighted by Crippen LogP contribution is -2.42.